The molecule has 3 aromatic rings. The van der Waals surface area contributed by atoms with E-state index in [9.17, 15) is 0 Å². The van der Waals surface area contributed by atoms with Crippen molar-refractivity contribution in [3.63, 3.8) is 0 Å². The number of hydrogen-bond acceptors (Lipinski definition) is 3. The Morgan fingerprint density at radius 1 is 0.973 bits per heavy atom. The summed E-state index contributed by atoms with van der Waals surface area (Å²) < 4.78 is 0. The number of rotatable bonds is 9. The van der Waals surface area contributed by atoms with E-state index in [0.29, 0.717) is 23.5 Å². The van der Waals surface area contributed by atoms with Gasteiger partial charge in [-0.15, -0.1) is 0 Å². The topological polar surface area (TPSA) is 34.3 Å². The largest absolute Gasteiger partial charge is 0.380 e. The Labute approximate surface area is 224 Å². The zero-order valence-electron chi connectivity index (χ0n) is 23.8. The average Bonchev–Trinajstić information content (AvgIpc) is 3.55. The Balaban J connectivity index is 0.00000137. The number of anilines is 1. The molecule has 3 aliphatic rings. The molecule has 0 bridgehead atoms. The molecule has 1 aromatic heterocycles. The van der Waals surface area contributed by atoms with Crippen LogP contribution in [0.4, 0.5) is 5.69 Å². The molecule has 2 aliphatic heterocycles. The molecule has 2 unspecified atom stereocenters. The van der Waals surface area contributed by atoms with Crippen molar-refractivity contribution in [1.82, 2.24) is 14.8 Å². The lowest BCUT2D eigenvalue weighted by Crippen LogP contribution is -2.54. The molecule has 1 saturated heterocycles. The van der Waals surface area contributed by atoms with Crippen LogP contribution >= 0.6 is 0 Å². The van der Waals surface area contributed by atoms with Crippen LogP contribution in [0.3, 0.4) is 0 Å². The van der Waals surface area contributed by atoms with Crippen LogP contribution in [0.25, 0.3) is 10.9 Å². The van der Waals surface area contributed by atoms with Crippen molar-refractivity contribution in [2.75, 3.05) is 31.5 Å². The zero-order chi connectivity index (χ0) is 26.0. The summed E-state index contributed by atoms with van der Waals surface area (Å²) in [5, 5.41) is 5.18. The van der Waals surface area contributed by atoms with Crippen LogP contribution in [-0.2, 0) is 6.42 Å². The highest BCUT2D eigenvalue weighted by molar-refractivity contribution is 5.85. The summed E-state index contributed by atoms with van der Waals surface area (Å²) in [6, 6.07) is 19.9. The monoisotopic (exact) mass is 500 g/mol. The molecule has 2 N–H and O–H groups in total. The molecule has 2 atom stereocenters. The second-order valence-corrected chi connectivity index (χ2v) is 11.3. The van der Waals surface area contributed by atoms with Crippen molar-refractivity contribution >= 4 is 16.6 Å². The summed E-state index contributed by atoms with van der Waals surface area (Å²) >= 11 is 0. The predicted octanol–water partition coefficient (Wildman–Crippen LogP) is 7.62. The maximum Gasteiger partial charge on any atom is 0.0760 e. The first-order chi connectivity index (χ1) is 18.2. The van der Waals surface area contributed by atoms with Gasteiger partial charge >= 0.3 is 0 Å². The van der Waals surface area contributed by atoms with Crippen LogP contribution in [0, 0.1) is 5.41 Å². The van der Waals surface area contributed by atoms with E-state index in [4.69, 9.17) is 0 Å². The number of hydrogen-bond donors (Lipinski definition) is 2. The van der Waals surface area contributed by atoms with E-state index in [2.05, 4.69) is 89.4 Å². The van der Waals surface area contributed by atoms with Gasteiger partial charge in [0.1, 0.15) is 0 Å². The lowest BCUT2D eigenvalue weighted by atomic mass is 9.90. The SMILES string of the molecule is CC.CCCCN1CC(Nc2ccc(C3c4[nH]c5ccccc5c4CCN3C3CC3(CC)CC)cc2)C1. The second-order valence-electron chi connectivity index (χ2n) is 11.3. The Morgan fingerprint density at radius 3 is 2.38 bits per heavy atom. The summed E-state index contributed by atoms with van der Waals surface area (Å²) in [4.78, 5) is 9.27. The first-order valence-electron chi connectivity index (χ1n) is 15.1. The van der Waals surface area contributed by atoms with Gasteiger partial charge in [0.25, 0.3) is 0 Å². The molecular formula is C33H48N4. The van der Waals surface area contributed by atoms with Gasteiger partial charge in [-0.3, -0.25) is 9.80 Å². The maximum atomic E-state index is 3.86. The van der Waals surface area contributed by atoms with E-state index in [1.165, 1.54) is 85.1 Å². The molecule has 3 heterocycles. The Morgan fingerprint density at radius 2 is 1.70 bits per heavy atom. The highest BCUT2D eigenvalue weighted by atomic mass is 15.3. The number of nitrogens with one attached hydrogen (secondary N) is 2. The number of benzene rings is 2. The van der Waals surface area contributed by atoms with Gasteiger partial charge in [0, 0.05) is 48.0 Å². The quantitative estimate of drug-likeness (QED) is 0.317. The number of aromatic amines is 1. The number of fused-ring (bicyclic) bond motifs is 3. The first-order valence-corrected chi connectivity index (χ1v) is 15.1. The Kier molecular flexibility index (Phi) is 7.97. The molecule has 4 nitrogen and oxygen atoms in total. The molecular weight excluding hydrogens is 452 g/mol. The predicted molar refractivity (Wildman–Crippen MR) is 159 cm³/mol. The van der Waals surface area contributed by atoms with Crippen molar-refractivity contribution in [3.8, 4) is 0 Å². The normalized spacial score (nSPS) is 23.2. The second kappa shape index (κ2) is 11.2. The van der Waals surface area contributed by atoms with E-state index in [1.54, 1.807) is 0 Å². The molecule has 37 heavy (non-hydrogen) atoms. The Bertz CT molecular complexity index is 1150. The van der Waals surface area contributed by atoms with Gasteiger partial charge in [0.15, 0.2) is 0 Å². The highest BCUT2D eigenvalue weighted by Crippen LogP contribution is 2.58. The van der Waals surface area contributed by atoms with Gasteiger partial charge in [-0.1, -0.05) is 71.4 Å². The molecule has 2 fully saturated rings. The van der Waals surface area contributed by atoms with Gasteiger partial charge in [0.2, 0.25) is 0 Å². The first kappa shape index (κ1) is 26.3. The number of likely N-dealkylation sites (tertiary alicyclic amines) is 1. The summed E-state index contributed by atoms with van der Waals surface area (Å²) in [5.74, 6) is 0. The van der Waals surface area contributed by atoms with Gasteiger partial charge in [-0.2, -0.15) is 0 Å². The molecule has 200 valence electrons. The lowest BCUT2D eigenvalue weighted by molar-refractivity contribution is 0.159. The molecule has 0 amide bonds. The average molecular weight is 501 g/mol. The van der Waals surface area contributed by atoms with Crippen LogP contribution in [0.5, 0.6) is 0 Å². The third kappa shape index (κ3) is 4.95. The van der Waals surface area contributed by atoms with Crippen molar-refractivity contribution in [2.24, 2.45) is 5.41 Å². The number of para-hydroxylation sites is 1. The fourth-order valence-corrected chi connectivity index (χ4v) is 6.98. The van der Waals surface area contributed by atoms with E-state index >= 15 is 0 Å². The summed E-state index contributed by atoms with van der Waals surface area (Å²) in [5.41, 5.74) is 7.44. The van der Waals surface area contributed by atoms with Crippen LogP contribution < -0.4 is 5.32 Å². The molecule has 6 rings (SSSR count). The highest BCUT2D eigenvalue weighted by Gasteiger charge is 2.56. The van der Waals surface area contributed by atoms with Gasteiger partial charge in [-0.05, 0) is 73.4 Å². The minimum atomic E-state index is 0.318. The van der Waals surface area contributed by atoms with Crippen LogP contribution in [0.15, 0.2) is 48.5 Å². The van der Waals surface area contributed by atoms with Gasteiger partial charge in [0.05, 0.1) is 12.1 Å². The van der Waals surface area contributed by atoms with E-state index in [0.717, 1.165) is 13.0 Å². The third-order valence-corrected chi connectivity index (χ3v) is 9.41. The van der Waals surface area contributed by atoms with E-state index in [-0.39, 0.29) is 0 Å². The maximum absolute atomic E-state index is 3.86. The summed E-state index contributed by atoms with van der Waals surface area (Å²) in [7, 11) is 0. The summed E-state index contributed by atoms with van der Waals surface area (Å²) in [6.45, 7) is 15.8. The molecule has 0 radical (unpaired) electrons. The zero-order valence-corrected chi connectivity index (χ0v) is 23.8. The minimum Gasteiger partial charge on any atom is -0.380 e. The smallest absolute Gasteiger partial charge is 0.0760 e. The minimum absolute atomic E-state index is 0.318. The number of nitrogens with zero attached hydrogens (tertiary/aromatic N) is 2. The molecule has 1 aliphatic carbocycles. The lowest BCUT2D eigenvalue weighted by Gasteiger charge is -2.40. The fraction of sp³-hybridized carbons (Fsp3) is 0.576. The molecule has 2 aromatic carbocycles. The molecule has 1 saturated carbocycles. The van der Waals surface area contributed by atoms with Crippen LogP contribution in [0.1, 0.15) is 89.6 Å². The number of aromatic nitrogens is 1. The van der Waals surface area contributed by atoms with Crippen molar-refractivity contribution in [1.29, 1.82) is 0 Å². The van der Waals surface area contributed by atoms with Gasteiger partial charge in [-0.25, -0.2) is 0 Å². The standard InChI is InChI=1S/C31H42N4.C2H6/c1-4-7-17-34-20-24(21-34)32-23-14-12-22(13-15-23)30-29-26(25-10-8-9-11-27(25)33-29)16-18-35(30)28-19-31(28,5-2)6-3;1-2/h8-15,24,28,30,32-33H,4-7,16-21H2,1-3H3;1-2H3. The fourth-order valence-electron chi connectivity index (χ4n) is 6.98. The van der Waals surface area contributed by atoms with Gasteiger partial charge < -0.3 is 10.3 Å². The van der Waals surface area contributed by atoms with Crippen molar-refractivity contribution < 1.29 is 0 Å². The number of unbranched alkanes of at least 4 members (excludes halogenated alkanes) is 1. The van der Waals surface area contributed by atoms with Crippen molar-refractivity contribution in [3.05, 3.63) is 65.4 Å². The molecule has 4 heteroatoms. The molecule has 0 spiro atoms. The van der Waals surface area contributed by atoms with Crippen LogP contribution in [-0.4, -0.2) is 53.0 Å². The van der Waals surface area contributed by atoms with E-state index in [1.807, 2.05) is 13.8 Å². The van der Waals surface area contributed by atoms with Crippen molar-refractivity contribution in [2.45, 2.75) is 91.3 Å². The Hall–Kier alpha value is -2.30. The van der Waals surface area contributed by atoms with Crippen LogP contribution in [0.2, 0.25) is 0 Å². The third-order valence-electron chi connectivity index (χ3n) is 9.41. The number of H-pyrrole nitrogens is 1. The van der Waals surface area contributed by atoms with E-state index < -0.39 is 0 Å². The summed E-state index contributed by atoms with van der Waals surface area (Å²) in [6.07, 6.45) is 7.67.